The molecule has 0 radical (unpaired) electrons. The van der Waals surface area contributed by atoms with Gasteiger partial charge in [-0.15, -0.1) is 0 Å². The average Bonchev–Trinajstić information content (AvgIpc) is 3.31. The van der Waals surface area contributed by atoms with Crippen LogP contribution in [0.1, 0.15) is 37.2 Å². The van der Waals surface area contributed by atoms with Gasteiger partial charge in [0.2, 0.25) is 0 Å². The molecule has 2 rings (SSSR count). The summed E-state index contributed by atoms with van der Waals surface area (Å²) in [6, 6.07) is 7.61. The molecule has 0 aliphatic heterocycles. The quantitative estimate of drug-likeness (QED) is 0.636. The van der Waals surface area contributed by atoms with E-state index in [1.165, 1.54) is 18.4 Å². The lowest BCUT2D eigenvalue weighted by Crippen LogP contribution is -2.24. The van der Waals surface area contributed by atoms with Gasteiger partial charge in [-0.25, -0.2) is 4.39 Å². The zero-order valence-electron chi connectivity index (χ0n) is 12.8. The third kappa shape index (κ3) is 6.55. The van der Waals surface area contributed by atoms with Crippen molar-refractivity contribution in [3.8, 4) is 0 Å². The van der Waals surface area contributed by atoms with Gasteiger partial charge in [0.05, 0.1) is 13.2 Å². The first kappa shape index (κ1) is 16.4. The maximum Gasteiger partial charge on any atom is 0.123 e. The highest BCUT2D eigenvalue weighted by Crippen LogP contribution is 2.24. The van der Waals surface area contributed by atoms with Crippen molar-refractivity contribution in [1.29, 1.82) is 0 Å². The predicted octanol–water partition coefficient (Wildman–Crippen LogP) is 3.10. The minimum atomic E-state index is -0.171. The van der Waals surface area contributed by atoms with Crippen LogP contribution < -0.4 is 5.32 Å². The molecule has 0 saturated heterocycles. The van der Waals surface area contributed by atoms with Gasteiger partial charge >= 0.3 is 0 Å². The van der Waals surface area contributed by atoms with E-state index < -0.39 is 0 Å². The van der Waals surface area contributed by atoms with E-state index in [0.717, 1.165) is 26.0 Å². The van der Waals surface area contributed by atoms with E-state index in [1.807, 2.05) is 12.1 Å². The number of halogens is 1. The monoisotopic (exact) mass is 295 g/mol. The van der Waals surface area contributed by atoms with Crippen molar-refractivity contribution in [2.75, 3.05) is 33.5 Å². The molecule has 1 aliphatic rings. The minimum absolute atomic E-state index is 0.171. The van der Waals surface area contributed by atoms with Gasteiger partial charge in [-0.1, -0.05) is 12.1 Å². The van der Waals surface area contributed by atoms with Crippen molar-refractivity contribution < 1.29 is 13.9 Å². The summed E-state index contributed by atoms with van der Waals surface area (Å²) in [6.45, 7) is 3.02. The van der Waals surface area contributed by atoms with E-state index in [4.69, 9.17) is 9.47 Å². The average molecular weight is 295 g/mol. The van der Waals surface area contributed by atoms with Crippen LogP contribution in [-0.2, 0) is 9.47 Å². The Balaban J connectivity index is 1.75. The molecule has 0 spiro atoms. The summed E-state index contributed by atoms with van der Waals surface area (Å²) in [4.78, 5) is 0. The number of hydrogen-bond donors (Lipinski definition) is 1. The summed E-state index contributed by atoms with van der Waals surface area (Å²) >= 11 is 0. The molecular weight excluding hydrogens is 269 g/mol. The number of nitrogens with one attached hydrogen (secondary N) is 1. The van der Waals surface area contributed by atoms with Crippen LogP contribution in [0.3, 0.4) is 0 Å². The van der Waals surface area contributed by atoms with E-state index >= 15 is 0 Å². The summed E-state index contributed by atoms with van der Waals surface area (Å²) in [6.07, 6.45) is 4.64. The Labute approximate surface area is 126 Å². The van der Waals surface area contributed by atoms with Crippen molar-refractivity contribution >= 4 is 0 Å². The lowest BCUT2D eigenvalue weighted by atomic mass is 9.94. The van der Waals surface area contributed by atoms with E-state index in [-0.39, 0.29) is 5.82 Å². The lowest BCUT2D eigenvalue weighted by molar-refractivity contribution is 0.0681. The standard InChI is InChI=1S/C17H26FNO2/c1-20-11-12-21-10-2-3-15(13-19-17-8-9-17)14-4-6-16(18)7-5-14/h4-7,15,17,19H,2-3,8-13H2,1H3. The van der Waals surface area contributed by atoms with Crippen LogP contribution in [0.4, 0.5) is 4.39 Å². The first-order chi connectivity index (χ1) is 10.3. The molecule has 4 heteroatoms. The first-order valence-corrected chi connectivity index (χ1v) is 7.85. The Bertz CT molecular complexity index is 392. The van der Waals surface area contributed by atoms with Crippen LogP contribution in [0.5, 0.6) is 0 Å². The normalized spacial score (nSPS) is 16.1. The van der Waals surface area contributed by atoms with Crippen LogP contribution in [-0.4, -0.2) is 39.5 Å². The van der Waals surface area contributed by atoms with Gasteiger partial charge in [0.15, 0.2) is 0 Å². The number of ether oxygens (including phenoxy) is 2. The maximum atomic E-state index is 13.1. The zero-order chi connectivity index (χ0) is 14.9. The van der Waals surface area contributed by atoms with Gasteiger partial charge in [0.25, 0.3) is 0 Å². The van der Waals surface area contributed by atoms with Gasteiger partial charge in [-0.3, -0.25) is 0 Å². The van der Waals surface area contributed by atoms with E-state index in [9.17, 15) is 4.39 Å². The van der Waals surface area contributed by atoms with Gasteiger partial charge in [-0.2, -0.15) is 0 Å². The molecule has 1 aromatic rings. The molecule has 0 aromatic heterocycles. The fraction of sp³-hybridized carbons (Fsp3) is 0.647. The molecule has 1 N–H and O–H groups in total. The number of rotatable bonds is 11. The summed E-state index contributed by atoms with van der Waals surface area (Å²) < 4.78 is 23.5. The molecule has 1 atom stereocenters. The minimum Gasteiger partial charge on any atom is -0.382 e. The van der Waals surface area contributed by atoms with Crippen LogP contribution in [0, 0.1) is 5.82 Å². The molecule has 1 fully saturated rings. The number of hydrogen-bond acceptors (Lipinski definition) is 3. The van der Waals surface area contributed by atoms with E-state index in [1.54, 1.807) is 19.2 Å². The highest BCUT2D eigenvalue weighted by atomic mass is 19.1. The van der Waals surface area contributed by atoms with Gasteiger partial charge in [-0.05, 0) is 49.3 Å². The number of benzene rings is 1. The van der Waals surface area contributed by atoms with Crippen LogP contribution in [0.15, 0.2) is 24.3 Å². The predicted molar refractivity (Wildman–Crippen MR) is 82.1 cm³/mol. The molecule has 118 valence electrons. The highest BCUT2D eigenvalue weighted by molar-refractivity contribution is 5.21. The van der Waals surface area contributed by atoms with E-state index in [2.05, 4.69) is 5.32 Å². The summed E-state index contributed by atoms with van der Waals surface area (Å²) in [5, 5.41) is 3.58. The molecule has 0 heterocycles. The Morgan fingerprint density at radius 2 is 1.95 bits per heavy atom. The van der Waals surface area contributed by atoms with E-state index in [0.29, 0.717) is 25.2 Å². The highest BCUT2D eigenvalue weighted by Gasteiger charge is 2.22. The zero-order valence-corrected chi connectivity index (χ0v) is 12.8. The maximum absolute atomic E-state index is 13.1. The molecule has 0 amide bonds. The fourth-order valence-electron chi connectivity index (χ4n) is 2.39. The summed E-state index contributed by atoms with van der Waals surface area (Å²) in [5.74, 6) is 0.257. The van der Waals surface area contributed by atoms with Crippen LogP contribution >= 0.6 is 0 Å². The van der Waals surface area contributed by atoms with Crippen molar-refractivity contribution in [2.24, 2.45) is 0 Å². The van der Waals surface area contributed by atoms with Gasteiger partial charge < -0.3 is 14.8 Å². The fourth-order valence-corrected chi connectivity index (χ4v) is 2.39. The second-order valence-corrected chi connectivity index (χ2v) is 5.68. The first-order valence-electron chi connectivity index (χ1n) is 7.85. The summed E-state index contributed by atoms with van der Waals surface area (Å²) in [5.41, 5.74) is 1.21. The lowest BCUT2D eigenvalue weighted by Gasteiger charge is -2.18. The van der Waals surface area contributed by atoms with Crippen molar-refractivity contribution in [2.45, 2.75) is 37.6 Å². The number of methoxy groups -OCH3 is 1. The molecule has 1 aliphatic carbocycles. The van der Waals surface area contributed by atoms with Crippen molar-refractivity contribution in [3.63, 3.8) is 0 Å². The van der Waals surface area contributed by atoms with Gasteiger partial charge in [0, 0.05) is 26.3 Å². The smallest absolute Gasteiger partial charge is 0.123 e. The molecule has 1 saturated carbocycles. The van der Waals surface area contributed by atoms with Crippen molar-refractivity contribution in [1.82, 2.24) is 5.32 Å². The van der Waals surface area contributed by atoms with Gasteiger partial charge in [0.1, 0.15) is 5.82 Å². The molecule has 3 nitrogen and oxygen atoms in total. The topological polar surface area (TPSA) is 30.5 Å². The Morgan fingerprint density at radius 1 is 1.19 bits per heavy atom. The Morgan fingerprint density at radius 3 is 2.62 bits per heavy atom. The largest absolute Gasteiger partial charge is 0.382 e. The molecule has 0 bridgehead atoms. The van der Waals surface area contributed by atoms with Crippen LogP contribution in [0.25, 0.3) is 0 Å². The Hall–Kier alpha value is -0.970. The SMILES string of the molecule is COCCOCCCC(CNC1CC1)c1ccc(F)cc1. The van der Waals surface area contributed by atoms with Crippen molar-refractivity contribution in [3.05, 3.63) is 35.6 Å². The third-order valence-electron chi connectivity index (χ3n) is 3.84. The second-order valence-electron chi connectivity index (χ2n) is 5.68. The molecule has 1 unspecified atom stereocenters. The van der Waals surface area contributed by atoms with Crippen LogP contribution in [0.2, 0.25) is 0 Å². The summed E-state index contributed by atoms with van der Waals surface area (Å²) in [7, 11) is 1.68. The third-order valence-corrected chi connectivity index (χ3v) is 3.84. The molecule has 21 heavy (non-hydrogen) atoms. The second kappa shape index (κ2) is 9.13. The Kier molecular flexibility index (Phi) is 7.13. The molecule has 1 aromatic carbocycles. The molecular formula is C17H26FNO2.